The number of amides is 1. The molecule has 0 saturated heterocycles. The van der Waals surface area contributed by atoms with Crippen LogP contribution in [-0.2, 0) is 4.74 Å². The van der Waals surface area contributed by atoms with E-state index < -0.39 is 6.09 Å². The van der Waals surface area contributed by atoms with Crippen LogP contribution in [0.3, 0.4) is 0 Å². The van der Waals surface area contributed by atoms with Crippen molar-refractivity contribution in [1.29, 1.82) is 0 Å². The molecule has 1 aromatic heterocycles. The van der Waals surface area contributed by atoms with Crippen LogP contribution in [0.15, 0.2) is 66.9 Å². The lowest BCUT2D eigenvalue weighted by Gasteiger charge is -2.14. The molecule has 2 aromatic carbocycles. The summed E-state index contributed by atoms with van der Waals surface area (Å²) in [6.45, 7) is 0.641. The molecule has 1 amide bonds. The van der Waals surface area contributed by atoms with Gasteiger partial charge in [-0.05, 0) is 33.9 Å². The van der Waals surface area contributed by atoms with Crippen molar-refractivity contribution in [3.8, 4) is 11.1 Å². The lowest BCUT2D eigenvalue weighted by Crippen LogP contribution is -2.26. The van der Waals surface area contributed by atoms with Crippen LogP contribution in [0.1, 0.15) is 33.1 Å². The molecule has 28 heavy (non-hydrogen) atoms. The second-order valence-electron chi connectivity index (χ2n) is 6.62. The van der Waals surface area contributed by atoms with Gasteiger partial charge in [0.25, 0.3) is 0 Å². The van der Waals surface area contributed by atoms with Crippen LogP contribution in [0.4, 0.5) is 4.79 Å². The maximum Gasteiger partial charge on any atom is 0.407 e. The number of aldehydes is 1. The van der Waals surface area contributed by atoms with Crippen LogP contribution < -0.4 is 5.32 Å². The van der Waals surface area contributed by atoms with E-state index in [1.807, 2.05) is 30.3 Å². The zero-order valence-electron chi connectivity index (χ0n) is 15.2. The molecule has 1 aliphatic rings. The molecule has 0 bridgehead atoms. The van der Waals surface area contributed by atoms with Crippen LogP contribution in [0.25, 0.3) is 17.2 Å². The van der Waals surface area contributed by atoms with E-state index in [9.17, 15) is 9.59 Å². The van der Waals surface area contributed by atoms with Crippen molar-refractivity contribution in [2.75, 3.05) is 13.2 Å². The van der Waals surface area contributed by atoms with E-state index in [4.69, 9.17) is 4.74 Å². The summed E-state index contributed by atoms with van der Waals surface area (Å²) in [5, 5.41) is 2.72. The summed E-state index contributed by atoms with van der Waals surface area (Å²) < 4.78 is 5.48. The molecule has 140 valence electrons. The van der Waals surface area contributed by atoms with Gasteiger partial charge in [-0.25, -0.2) is 4.79 Å². The number of benzene rings is 2. The number of nitrogens with one attached hydrogen (secondary N) is 2. The first-order valence-electron chi connectivity index (χ1n) is 9.15. The summed E-state index contributed by atoms with van der Waals surface area (Å²) in [5.74, 6) is 0.0512. The highest BCUT2D eigenvalue weighted by Crippen LogP contribution is 2.44. The van der Waals surface area contributed by atoms with Crippen LogP contribution >= 0.6 is 0 Å². The quantitative estimate of drug-likeness (QED) is 0.631. The van der Waals surface area contributed by atoms with E-state index in [0.29, 0.717) is 18.8 Å². The maximum absolute atomic E-state index is 12.1. The second kappa shape index (κ2) is 7.96. The molecule has 5 nitrogen and oxygen atoms in total. The molecule has 5 heteroatoms. The van der Waals surface area contributed by atoms with Crippen molar-refractivity contribution in [1.82, 2.24) is 10.3 Å². The van der Waals surface area contributed by atoms with Crippen molar-refractivity contribution < 1.29 is 14.3 Å². The number of H-pyrrole nitrogens is 1. The standard InChI is InChI=1S/C23H20N2O3/c26-14-17-12-16(13-25-17)6-5-11-24-23(27)28-15-22-20-9-3-1-7-18(20)19-8-2-4-10-21(19)22/h1-10,12-14,22,25H,11,15H2,(H,24,27). The maximum atomic E-state index is 12.1. The van der Waals surface area contributed by atoms with Gasteiger partial charge in [0.1, 0.15) is 6.61 Å². The van der Waals surface area contributed by atoms with E-state index in [0.717, 1.165) is 11.8 Å². The molecule has 0 aliphatic heterocycles. The van der Waals surface area contributed by atoms with Gasteiger partial charge in [0, 0.05) is 18.7 Å². The highest BCUT2D eigenvalue weighted by Gasteiger charge is 2.28. The Labute approximate surface area is 163 Å². The topological polar surface area (TPSA) is 71.2 Å². The number of rotatable bonds is 6. The minimum absolute atomic E-state index is 0.0512. The Hall–Kier alpha value is -3.60. The number of fused-ring (bicyclic) bond motifs is 3. The molecule has 0 spiro atoms. The summed E-state index contributed by atoms with van der Waals surface area (Å²) in [6, 6.07) is 18.2. The lowest BCUT2D eigenvalue weighted by molar-refractivity contribution is 0.111. The minimum atomic E-state index is -0.450. The van der Waals surface area contributed by atoms with Gasteiger partial charge in [0.05, 0.1) is 5.69 Å². The Kier molecular flexibility index (Phi) is 5.06. The first kappa shape index (κ1) is 17.8. The van der Waals surface area contributed by atoms with Crippen molar-refractivity contribution in [3.05, 3.63) is 89.3 Å². The number of alkyl carbamates (subject to hydrolysis) is 1. The first-order chi connectivity index (χ1) is 13.8. The second-order valence-corrected chi connectivity index (χ2v) is 6.62. The fourth-order valence-electron chi connectivity index (χ4n) is 3.58. The van der Waals surface area contributed by atoms with Crippen molar-refractivity contribution in [2.45, 2.75) is 5.92 Å². The van der Waals surface area contributed by atoms with Gasteiger partial charge in [-0.1, -0.05) is 60.7 Å². The zero-order chi connectivity index (χ0) is 19.3. The lowest BCUT2D eigenvalue weighted by atomic mass is 9.98. The third kappa shape index (κ3) is 3.60. The Morgan fingerprint density at radius 3 is 2.39 bits per heavy atom. The van der Waals surface area contributed by atoms with Gasteiger partial charge in [-0.2, -0.15) is 0 Å². The Morgan fingerprint density at radius 2 is 1.75 bits per heavy atom. The molecule has 2 N–H and O–H groups in total. The molecule has 4 rings (SSSR count). The predicted octanol–water partition coefficient (Wildman–Crippen LogP) is 4.38. The number of aromatic amines is 1. The predicted molar refractivity (Wildman–Crippen MR) is 108 cm³/mol. The minimum Gasteiger partial charge on any atom is -0.449 e. The molecule has 3 aromatic rings. The normalized spacial score (nSPS) is 12.6. The van der Waals surface area contributed by atoms with E-state index >= 15 is 0 Å². The number of aromatic nitrogens is 1. The van der Waals surface area contributed by atoms with Gasteiger partial charge in [-0.3, -0.25) is 4.79 Å². The highest BCUT2D eigenvalue weighted by atomic mass is 16.5. The van der Waals surface area contributed by atoms with Crippen molar-refractivity contribution in [3.63, 3.8) is 0 Å². The van der Waals surface area contributed by atoms with Crippen LogP contribution in [0, 0.1) is 0 Å². The van der Waals surface area contributed by atoms with Crippen LogP contribution in [0.5, 0.6) is 0 Å². The first-order valence-corrected chi connectivity index (χ1v) is 9.15. The third-order valence-electron chi connectivity index (χ3n) is 4.87. The van der Waals surface area contributed by atoms with Gasteiger partial charge in [-0.15, -0.1) is 0 Å². The average Bonchev–Trinajstić information content (AvgIpc) is 3.32. The molecule has 0 unspecified atom stereocenters. The Bertz CT molecular complexity index is 990. The fourth-order valence-corrected chi connectivity index (χ4v) is 3.58. The monoisotopic (exact) mass is 372 g/mol. The smallest absolute Gasteiger partial charge is 0.407 e. The van der Waals surface area contributed by atoms with Gasteiger partial charge in [0.2, 0.25) is 0 Å². The molecule has 0 fully saturated rings. The summed E-state index contributed by atoms with van der Waals surface area (Å²) in [6.07, 6.45) is 5.67. The largest absolute Gasteiger partial charge is 0.449 e. The SMILES string of the molecule is O=Cc1cc(C=CCNC(=O)OCC2c3ccccc3-c3ccccc32)c[nH]1. The molecular weight excluding hydrogens is 352 g/mol. The molecule has 0 saturated carbocycles. The van der Waals surface area contributed by atoms with Crippen LogP contribution in [0.2, 0.25) is 0 Å². The Morgan fingerprint density at radius 1 is 1.07 bits per heavy atom. The van der Waals surface area contributed by atoms with E-state index in [1.165, 1.54) is 22.3 Å². The number of ether oxygens (including phenoxy) is 1. The number of carbonyl (C=O) groups excluding carboxylic acids is 2. The summed E-state index contributed by atoms with van der Waals surface area (Å²) >= 11 is 0. The molecular formula is C23H20N2O3. The Balaban J connectivity index is 1.33. The molecule has 1 heterocycles. The summed E-state index contributed by atoms with van der Waals surface area (Å²) in [4.78, 5) is 25.6. The van der Waals surface area contributed by atoms with E-state index in [-0.39, 0.29) is 5.92 Å². The van der Waals surface area contributed by atoms with E-state index in [2.05, 4.69) is 34.6 Å². The summed E-state index contributed by atoms with van der Waals surface area (Å²) in [5.41, 5.74) is 6.18. The molecule has 0 radical (unpaired) electrons. The van der Waals surface area contributed by atoms with Crippen molar-refractivity contribution in [2.24, 2.45) is 0 Å². The summed E-state index contributed by atoms with van der Waals surface area (Å²) in [7, 11) is 0. The van der Waals surface area contributed by atoms with Crippen molar-refractivity contribution >= 4 is 18.5 Å². The highest BCUT2D eigenvalue weighted by molar-refractivity contribution is 5.79. The molecule has 1 aliphatic carbocycles. The third-order valence-corrected chi connectivity index (χ3v) is 4.87. The number of hydrogen-bond donors (Lipinski definition) is 2. The van der Waals surface area contributed by atoms with Gasteiger partial charge >= 0.3 is 6.09 Å². The molecule has 0 atom stereocenters. The number of hydrogen-bond acceptors (Lipinski definition) is 3. The zero-order valence-corrected chi connectivity index (χ0v) is 15.2. The fraction of sp³-hybridized carbons (Fsp3) is 0.130. The van der Waals surface area contributed by atoms with Gasteiger partial charge in [0.15, 0.2) is 6.29 Å². The van der Waals surface area contributed by atoms with E-state index in [1.54, 1.807) is 18.3 Å². The average molecular weight is 372 g/mol. The van der Waals surface area contributed by atoms with Crippen LogP contribution in [-0.4, -0.2) is 30.5 Å². The van der Waals surface area contributed by atoms with Gasteiger partial charge < -0.3 is 15.0 Å². The number of carbonyl (C=O) groups is 2.